The molecule has 0 radical (unpaired) electrons. The number of benzene rings is 2. The number of fused-ring (bicyclic) bond motifs is 1. The highest BCUT2D eigenvalue weighted by Crippen LogP contribution is 2.31. The second-order valence-corrected chi connectivity index (χ2v) is 6.61. The van der Waals surface area contributed by atoms with Crippen LogP contribution in [0.1, 0.15) is 28.4 Å². The zero-order chi connectivity index (χ0) is 22.5. The maximum absolute atomic E-state index is 13.0. The van der Waals surface area contributed by atoms with Gasteiger partial charge in [0.15, 0.2) is 11.5 Å². The van der Waals surface area contributed by atoms with Gasteiger partial charge in [-0.3, -0.25) is 19.7 Å². The third-order valence-corrected chi connectivity index (χ3v) is 4.83. The van der Waals surface area contributed by atoms with Crippen molar-refractivity contribution in [3.05, 3.63) is 63.8 Å². The van der Waals surface area contributed by atoms with Gasteiger partial charge in [-0.15, -0.1) is 0 Å². The summed E-state index contributed by atoms with van der Waals surface area (Å²) in [6, 6.07) is 8.51. The number of H-pyrrole nitrogens is 1. The van der Waals surface area contributed by atoms with E-state index in [4.69, 9.17) is 14.2 Å². The van der Waals surface area contributed by atoms with E-state index in [1.807, 2.05) is 0 Å². The molecular weight excluding hydrogens is 406 g/mol. The second kappa shape index (κ2) is 9.16. The summed E-state index contributed by atoms with van der Waals surface area (Å²) in [6.07, 6.45) is 1.34. The number of amides is 1. The number of nitro groups is 1. The molecule has 0 bridgehead atoms. The Bertz CT molecular complexity index is 1140. The first-order chi connectivity index (χ1) is 14.9. The molecule has 0 aliphatic carbocycles. The van der Waals surface area contributed by atoms with Crippen LogP contribution in [0.2, 0.25) is 0 Å². The highest BCUT2D eigenvalue weighted by Gasteiger charge is 2.23. The van der Waals surface area contributed by atoms with Crippen molar-refractivity contribution >= 4 is 28.5 Å². The lowest BCUT2D eigenvalue weighted by molar-refractivity contribution is -0.384. The molecule has 1 amide bonds. The molecule has 0 saturated carbocycles. The Morgan fingerprint density at radius 1 is 1.10 bits per heavy atom. The predicted molar refractivity (Wildman–Crippen MR) is 111 cm³/mol. The minimum absolute atomic E-state index is 0.125. The normalized spacial score (nSPS) is 11.6. The Morgan fingerprint density at radius 2 is 1.84 bits per heavy atom. The highest BCUT2D eigenvalue weighted by atomic mass is 16.6. The second-order valence-electron chi connectivity index (χ2n) is 6.61. The van der Waals surface area contributed by atoms with Crippen molar-refractivity contribution in [2.75, 3.05) is 21.3 Å². The van der Waals surface area contributed by atoms with Crippen molar-refractivity contribution in [2.45, 2.75) is 12.5 Å². The van der Waals surface area contributed by atoms with Crippen molar-refractivity contribution in [1.82, 2.24) is 10.3 Å². The number of carbonyl (C=O) groups is 2. The highest BCUT2D eigenvalue weighted by molar-refractivity contribution is 6.07. The predicted octanol–water partition coefficient (Wildman–Crippen LogP) is 3.13. The van der Waals surface area contributed by atoms with Gasteiger partial charge in [0.25, 0.3) is 11.6 Å². The van der Waals surface area contributed by atoms with Gasteiger partial charge in [-0.25, -0.2) is 0 Å². The van der Waals surface area contributed by atoms with Crippen molar-refractivity contribution in [1.29, 1.82) is 0 Å². The molecule has 3 aromatic rings. The Morgan fingerprint density at radius 3 is 2.48 bits per heavy atom. The molecule has 31 heavy (non-hydrogen) atoms. The van der Waals surface area contributed by atoms with Crippen LogP contribution in [0, 0.1) is 10.1 Å². The zero-order valence-electron chi connectivity index (χ0n) is 17.1. The summed E-state index contributed by atoms with van der Waals surface area (Å²) in [7, 11) is 4.24. The van der Waals surface area contributed by atoms with Gasteiger partial charge in [-0.2, -0.15) is 0 Å². The third-order valence-electron chi connectivity index (χ3n) is 4.83. The minimum atomic E-state index is -0.733. The molecule has 2 aromatic carbocycles. The number of esters is 1. The quantitative estimate of drug-likeness (QED) is 0.320. The maximum atomic E-state index is 13.0. The smallest absolute Gasteiger partial charge is 0.307 e. The van der Waals surface area contributed by atoms with Crippen LogP contribution in [0.3, 0.4) is 0 Å². The molecule has 0 aliphatic heterocycles. The lowest BCUT2D eigenvalue weighted by Gasteiger charge is -2.19. The van der Waals surface area contributed by atoms with Crippen LogP contribution in [0.25, 0.3) is 10.9 Å². The van der Waals surface area contributed by atoms with Crippen LogP contribution < -0.4 is 14.8 Å². The number of hydrogen-bond acceptors (Lipinski definition) is 7. The first-order valence-corrected chi connectivity index (χ1v) is 9.23. The van der Waals surface area contributed by atoms with E-state index in [1.54, 1.807) is 18.2 Å². The van der Waals surface area contributed by atoms with E-state index in [0.29, 0.717) is 28.0 Å². The summed E-state index contributed by atoms with van der Waals surface area (Å²) < 4.78 is 15.3. The number of nitrogens with zero attached hydrogens (tertiary/aromatic N) is 1. The minimum Gasteiger partial charge on any atom is -0.493 e. The lowest BCUT2D eigenvalue weighted by Crippen LogP contribution is -2.30. The molecule has 0 saturated heterocycles. The first kappa shape index (κ1) is 21.6. The van der Waals surface area contributed by atoms with Crippen LogP contribution in [0.4, 0.5) is 5.69 Å². The van der Waals surface area contributed by atoms with Crippen LogP contribution in [0.5, 0.6) is 11.5 Å². The molecule has 0 fully saturated rings. The number of ether oxygens (including phenoxy) is 3. The van der Waals surface area contributed by atoms with Crippen LogP contribution in [0.15, 0.2) is 42.6 Å². The van der Waals surface area contributed by atoms with E-state index >= 15 is 0 Å². The summed E-state index contributed by atoms with van der Waals surface area (Å²) in [5.41, 5.74) is 1.26. The van der Waals surface area contributed by atoms with E-state index in [-0.39, 0.29) is 17.7 Å². The van der Waals surface area contributed by atoms with Gasteiger partial charge in [0.2, 0.25) is 0 Å². The van der Waals surface area contributed by atoms with E-state index < -0.39 is 22.8 Å². The SMILES string of the molecule is COC(=O)CC(NC(=O)c1c[nH]c2ccc([N+](=O)[O-])cc12)c1ccc(OC)c(OC)c1. The Labute approximate surface area is 177 Å². The lowest BCUT2D eigenvalue weighted by atomic mass is 10.0. The summed E-state index contributed by atoms with van der Waals surface area (Å²) in [6.45, 7) is 0. The molecule has 0 aliphatic rings. The third kappa shape index (κ3) is 4.58. The fourth-order valence-corrected chi connectivity index (χ4v) is 3.22. The number of aromatic amines is 1. The van der Waals surface area contributed by atoms with Gasteiger partial charge < -0.3 is 24.5 Å². The van der Waals surface area contributed by atoms with Crippen molar-refractivity contribution in [2.24, 2.45) is 0 Å². The number of nitrogens with one attached hydrogen (secondary N) is 2. The summed E-state index contributed by atoms with van der Waals surface area (Å²) in [5, 5.41) is 14.3. The fraction of sp³-hybridized carbons (Fsp3) is 0.238. The zero-order valence-corrected chi connectivity index (χ0v) is 17.1. The van der Waals surface area contributed by atoms with Gasteiger partial charge >= 0.3 is 5.97 Å². The molecule has 1 atom stereocenters. The van der Waals surface area contributed by atoms with E-state index in [1.165, 1.54) is 45.7 Å². The average molecular weight is 427 g/mol. The molecule has 1 aromatic heterocycles. The Balaban J connectivity index is 1.96. The van der Waals surface area contributed by atoms with Gasteiger partial charge in [0, 0.05) is 29.2 Å². The van der Waals surface area contributed by atoms with E-state index in [2.05, 4.69) is 10.3 Å². The van der Waals surface area contributed by atoms with Crippen molar-refractivity contribution in [3.8, 4) is 11.5 Å². The van der Waals surface area contributed by atoms with E-state index in [0.717, 1.165) is 0 Å². The number of non-ortho nitro benzene ring substituents is 1. The molecule has 1 heterocycles. The fourth-order valence-electron chi connectivity index (χ4n) is 3.22. The number of aromatic nitrogens is 1. The van der Waals surface area contributed by atoms with Crippen molar-refractivity contribution in [3.63, 3.8) is 0 Å². The van der Waals surface area contributed by atoms with Crippen LogP contribution >= 0.6 is 0 Å². The summed E-state index contributed by atoms with van der Waals surface area (Å²) in [4.78, 5) is 38.5. The summed E-state index contributed by atoms with van der Waals surface area (Å²) >= 11 is 0. The molecule has 162 valence electrons. The monoisotopic (exact) mass is 427 g/mol. The number of methoxy groups -OCH3 is 3. The number of hydrogen-bond donors (Lipinski definition) is 2. The molecule has 0 spiro atoms. The van der Waals surface area contributed by atoms with Crippen LogP contribution in [-0.4, -0.2) is 43.1 Å². The van der Waals surface area contributed by atoms with Crippen LogP contribution in [-0.2, 0) is 9.53 Å². The number of rotatable bonds is 8. The molecular formula is C21H21N3O7. The molecule has 1 unspecified atom stereocenters. The largest absolute Gasteiger partial charge is 0.493 e. The maximum Gasteiger partial charge on any atom is 0.307 e. The average Bonchev–Trinajstić information content (AvgIpc) is 3.21. The number of carbonyl (C=O) groups excluding carboxylic acids is 2. The van der Waals surface area contributed by atoms with Gasteiger partial charge in [0.1, 0.15) is 0 Å². The van der Waals surface area contributed by atoms with Gasteiger partial charge in [-0.05, 0) is 23.8 Å². The van der Waals surface area contributed by atoms with Crippen molar-refractivity contribution < 1.29 is 28.7 Å². The topological polar surface area (TPSA) is 133 Å². The molecule has 2 N–H and O–H groups in total. The van der Waals surface area contributed by atoms with E-state index in [9.17, 15) is 19.7 Å². The van der Waals surface area contributed by atoms with Gasteiger partial charge in [-0.1, -0.05) is 6.07 Å². The number of nitro benzene ring substituents is 1. The summed E-state index contributed by atoms with van der Waals surface area (Å²) in [5.74, 6) is -0.0877. The molecule has 3 rings (SSSR count). The first-order valence-electron chi connectivity index (χ1n) is 9.23. The Hall–Kier alpha value is -4.08. The van der Waals surface area contributed by atoms with Gasteiger partial charge in [0.05, 0.1) is 44.3 Å². The molecule has 10 nitrogen and oxygen atoms in total. The Kier molecular flexibility index (Phi) is 6.39. The standard InChI is InChI=1S/C21H21N3O7/c1-29-18-7-4-12(8-19(18)30-2)17(10-20(25)31-3)23-21(26)15-11-22-16-6-5-13(24(27)28)9-14(15)16/h4-9,11,17,22H,10H2,1-3H3,(H,23,26). The molecule has 10 heteroatoms.